The molecule has 8 bridgehead atoms. The van der Waals surface area contributed by atoms with E-state index in [4.69, 9.17) is 42.0 Å². The highest BCUT2D eigenvalue weighted by molar-refractivity contribution is 6.74. The van der Waals surface area contributed by atoms with Gasteiger partial charge in [-0.2, -0.15) is 0 Å². The summed E-state index contributed by atoms with van der Waals surface area (Å²) >= 11 is 0. The highest BCUT2D eigenvalue weighted by Gasteiger charge is 2.55. The second-order valence-corrected chi connectivity index (χ2v) is 42.1. The predicted octanol–water partition coefficient (Wildman–Crippen LogP) is 9.11. The molecule has 8 atom stereocenters. The van der Waals surface area contributed by atoms with Crippen molar-refractivity contribution in [3.05, 3.63) is 95.1 Å². The Morgan fingerprint density at radius 3 is 1.15 bits per heavy atom. The molecule has 8 aliphatic rings. The zero-order valence-corrected chi connectivity index (χ0v) is 69.3. The summed E-state index contributed by atoms with van der Waals surface area (Å²) in [7, 11) is -2.92. The van der Waals surface area contributed by atoms with Crippen molar-refractivity contribution in [3.8, 4) is 23.0 Å². The number of hydrogen-bond acceptors (Lipinski definition) is 21. The zero-order chi connectivity index (χ0) is 82.2. The van der Waals surface area contributed by atoms with Crippen LogP contribution in [-0.2, 0) is 74.6 Å². The van der Waals surface area contributed by atoms with Gasteiger partial charge in [0.2, 0.25) is 35.4 Å². The van der Waals surface area contributed by atoms with E-state index in [1.165, 1.54) is 71.9 Å². The summed E-state index contributed by atoms with van der Waals surface area (Å²) in [6, 6.07) is 12.4. The van der Waals surface area contributed by atoms with Crippen LogP contribution in [0.2, 0.25) is 36.3 Å². The molecule has 12 rings (SSSR count). The van der Waals surface area contributed by atoms with Crippen LogP contribution in [0.3, 0.4) is 0 Å². The van der Waals surface area contributed by atoms with E-state index in [9.17, 15) is 47.9 Å². The van der Waals surface area contributed by atoms with Gasteiger partial charge in [-0.1, -0.05) is 93.5 Å². The van der Waals surface area contributed by atoms with Crippen LogP contribution in [0, 0.1) is 11.8 Å². The van der Waals surface area contributed by atoms with Crippen molar-refractivity contribution < 1.29 is 99.5 Å². The molecule has 2 fully saturated rings. The van der Waals surface area contributed by atoms with E-state index >= 15 is 9.59 Å². The lowest BCUT2D eigenvalue weighted by atomic mass is 10.0. The second kappa shape index (κ2) is 35.8. The van der Waals surface area contributed by atoms with Crippen LogP contribution in [0.1, 0.15) is 147 Å². The van der Waals surface area contributed by atoms with Gasteiger partial charge in [-0.3, -0.25) is 47.9 Å². The average molecular weight is 1590 g/mol. The third-order valence-electron chi connectivity index (χ3n) is 21.4. The standard InChI is InChI=1S/C79H108N10O21Si2/c1-44(2)66-70(96)80-46(5)68(94)82-50-26-22-48(23-27-50)40-107-76(100)88-56-36-62(60(102-13)34-54(56)72(98)86-38-52(90)32-58(86)74(88)109-111(15,16)78(7,8)9)105-30-20-19-21-31-106-63-37-57-55(35-61(63)103-14)73(99)87-39-53(91)33-59(87)75(110-112(17,18)79(10,11)12)89(57)77(101)108-41-49-24-28-51(29-25-49)83-69(95)47(6)81-71(97)67(45(3)4)85-65(93)43-104-42-64(92)84-66/h22-29,34-37,44-47,58-59,66-67,74-75H,19-21,30-33,38-43H2,1-18H3,(H,80,96)(H,81,97)(H,82,94)(H,83,95)(H,84,92)(H,85,93)/t46-,47-,58-,59-,66-,67-,74?,75?/m0/s1. The molecule has 112 heavy (non-hydrogen) atoms. The topological polar surface area (TPSA) is 373 Å². The van der Waals surface area contributed by atoms with E-state index < -0.39 is 160 Å². The molecule has 0 radical (unpaired) electrons. The summed E-state index contributed by atoms with van der Waals surface area (Å²) < 4.78 is 56.6. The van der Waals surface area contributed by atoms with Gasteiger partial charge in [0, 0.05) is 36.3 Å². The second-order valence-electron chi connectivity index (χ2n) is 32.6. The van der Waals surface area contributed by atoms with Crippen molar-refractivity contribution in [1.29, 1.82) is 0 Å². The molecule has 608 valence electrons. The average Bonchev–Trinajstić information content (AvgIpc) is 1.54. The summed E-state index contributed by atoms with van der Waals surface area (Å²) in [4.78, 5) is 173. The van der Waals surface area contributed by atoms with Gasteiger partial charge in [0.25, 0.3) is 11.8 Å². The number of amides is 10. The minimum atomic E-state index is -2.87. The first-order valence-electron chi connectivity index (χ1n) is 37.8. The third-order valence-corrected chi connectivity index (χ3v) is 30.3. The van der Waals surface area contributed by atoms with E-state index in [0.717, 1.165) is 0 Å². The van der Waals surface area contributed by atoms with Crippen molar-refractivity contribution in [1.82, 2.24) is 31.1 Å². The van der Waals surface area contributed by atoms with E-state index in [1.54, 1.807) is 76.2 Å². The number of hydrogen-bond donors (Lipinski definition) is 6. The summed E-state index contributed by atoms with van der Waals surface area (Å²) in [6.45, 7) is 27.6. The summed E-state index contributed by atoms with van der Waals surface area (Å²) in [5.41, 5.74) is 1.84. The number of Topliss-reactive ketones (excluding diaryl/α,β-unsaturated/α-hetero) is 2. The Labute approximate surface area is 655 Å². The maximum Gasteiger partial charge on any atom is 0.416 e. The number of nitrogens with zero attached hydrogens (tertiary/aromatic N) is 4. The van der Waals surface area contributed by atoms with Crippen molar-refractivity contribution in [2.24, 2.45) is 11.8 Å². The fourth-order valence-electron chi connectivity index (χ4n) is 12.8. The number of ether oxygens (including phenoxy) is 7. The molecule has 6 N–H and O–H groups in total. The van der Waals surface area contributed by atoms with Crippen molar-refractivity contribution in [2.75, 3.05) is 74.2 Å². The van der Waals surface area contributed by atoms with Crippen LogP contribution in [0.15, 0.2) is 72.8 Å². The first kappa shape index (κ1) is 86.0. The lowest BCUT2D eigenvalue weighted by Gasteiger charge is -2.44. The summed E-state index contributed by atoms with van der Waals surface area (Å²) in [5, 5.41) is 15.1. The Hall–Kier alpha value is -9.97. The number of rotatable bonds is 8. The van der Waals surface area contributed by atoms with Crippen LogP contribution in [0.4, 0.5) is 32.3 Å². The molecule has 0 aromatic heterocycles. The Balaban J connectivity index is 1.01. The molecule has 0 spiro atoms. The quantitative estimate of drug-likeness (QED) is 0.0895. The van der Waals surface area contributed by atoms with Gasteiger partial charge < -0.3 is 83.7 Å². The fourth-order valence-corrected chi connectivity index (χ4v) is 15.3. The third kappa shape index (κ3) is 20.3. The Kier molecular flexibility index (Phi) is 27.5. The van der Waals surface area contributed by atoms with E-state index in [2.05, 4.69) is 31.9 Å². The van der Waals surface area contributed by atoms with Crippen molar-refractivity contribution in [3.63, 3.8) is 0 Å². The molecule has 8 aliphatic heterocycles. The van der Waals surface area contributed by atoms with Crippen LogP contribution < -0.4 is 60.6 Å². The monoisotopic (exact) mass is 1590 g/mol. The van der Waals surface area contributed by atoms with Gasteiger partial charge >= 0.3 is 12.2 Å². The summed E-state index contributed by atoms with van der Waals surface area (Å²) in [5.74, 6) is -5.91. The molecule has 8 heterocycles. The molecule has 4 aromatic carbocycles. The first-order valence-corrected chi connectivity index (χ1v) is 43.6. The van der Waals surface area contributed by atoms with Crippen LogP contribution in [0.5, 0.6) is 23.0 Å². The molecule has 0 aliphatic carbocycles. The molecule has 10 amide bonds. The Bertz CT molecular complexity index is 3960. The zero-order valence-electron chi connectivity index (χ0n) is 67.3. The van der Waals surface area contributed by atoms with Crippen LogP contribution >= 0.6 is 0 Å². The molecule has 2 unspecified atom stereocenters. The predicted molar refractivity (Wildman–Crippen MR) is 419 cm³/mol. The maximum atomic E-state index is 15.2. The number of methoxy groups -OCH3 is 2. The van der Waals surface area contributed by atoms with Crippen molar-refractivity contribution in [2.45, 2.75) is 213 Å². The molecule has 0 saturated carbocycles. The van der Waals surface area contributed by atoms with Gasteiger partial charge in [-0.15, -0.1) is 0 Å². The number of carbonyl (C=O) groups is 12. The van der Waals surface area contributed by atoms with E-state index in [0.29, 0.717) is 41.8 Å². The molecular formula is C79H108N10O21Si2. The SMILES string of the molecule is COc1cc2c3cc1OCCCCCOc1cc4c(cc1OC)C(=O)N1CC(=O)C[C@H]1C(O[Si](C)(C)C(C)(C)C)N4C(=O)OCc1ccc(cc1)NC(=O)[C@H](C)NC(=O)[C@H](C(C)C)NC(=O)COCC(=O)N[C@@H](C(C)C)C(=O)N[C@@H](C)C(=O)Nc1ccc(cc1)COC(=O)N3C(O[Si](C)(C)C(C)(C)C)[C@@H]1CC(=O)CN1C2=O. The molecule has 4 aromatic rings. The number of fused-ring (bicyclic) bond motifs is 2. The Morgan fingerprint density at radius 2 is 0.821 bits per heavy atom. The van der Waals surface area contributed by atoms with Crippen molar-refractivity contribution >= 4 is 110 Å². The number of ketones is 2. The number of carbonyl (C=O) groups excluding carboxylic acids is 12. The lowest BCUT2D eigenvalue weighted by Crippen LogP contribution is -2.58. The van der Waals surface area contributed by atoms with Gasteiger partial charge in [-0.05, 0) is 129 Å². The molecular weight excluding hydrogens is 1480 g/mol. The van der Waals surface area contributed by atoms with E-state index in [-0.39, 0.29) is 109 Å². The Morgan fingerprint density at radius 1 is 0.464 bits per heavy atom. The lowest BCUT2D eigenvalue weighted by molar-refractivity contribution is -0.137. The summed E-state index contributed by atoms with van der Waals surface area (Å²) in [6.07, 6.45) is -3.05. The largest absolute Gasteiger partial charge is 0.493 e. The molecule has 33 heteroatoms. The first-order chi connectivity index (χ1) is 52.6. The number of anilines is 4. The van der Waals surface area contributed by atoms with Gasteiger partial charge in [0.05, 0.1) is 75.1 Å². The smallest absolute Gasteiger partial charge is 0.416 e. The van der Waals surface area contributed by atoms with Gasteiger partial charge in [0.15, 0.2) is 63.7 Å². The normalized spacial score (nSPS) is 23.3. The maximum absolute atomic E-state index is 15.2. The highest BCUT2D eigenvalue weighted by Crippen LogP contribution is 2.48. The van der Waals surface area contributed by atoms with Crippen LogP contribution in [0.25, 0.3) is 0 Å². The molecule has 2 saturated heterocycles. The minimum Gasteiger partial charge on any atom is -0.493 e. The number of benzene rings is 4. The number of nitrogens with one attached hydrogen (secondary N) is 6. The fraction of sp³-hybridized carbons (Fsp3) is 0.544. The highest BCUT2D eigenvalue weighted by atomic mass is 28.4. The molecule has 31 nitrogen and oxygen atoms in total. The van der Waals surface area contributed by atoms with Crippen LogP contribution in [-0.4, -0.2) is 200 Å². The van der Waals surface area contributed by atoms with Gasteiger partial charge in [0.1, 0.15) is 50.6 Å². The van der Waals surface area contributed by atoms with E-state index in [1.807, 2.05) is 67.7 Å². The van der Waals surface area contributed by atoms with Gasteiger partial charge in [-0.25, -0.2) is 19.4 Å². The minimum absolute atomic E-state index is 0.0260.